The Bertz CT molecular complexity index is 532. The van der Waals surface area contributed by atoms with Crippen LogP contribution < -0.4 is 0 Å². The number of carbonyl (C=O) groups excluding carboxylic acids is 1. The van der Waals surface area contributed by atoms with Gasteiger partial charge in [-0.05, 0) is 24.7 Å². The van der Waals surface area contributed by atoms with Crippen molar-refractivity contribution < 1.29 is 9.53 Å². The Morgan fingerprint density at radius 2 is 2.10 bits per heavy atom. The standard InChI is InChI=1S/C15H22N4O2/c1-18-14(16-9-17-18)12-8-21-7-6-19(12)15(20)13-10-4-2-3-5-11(10)13/h9-13H,2-8H2,1H3. The smallest absolute Gasteiger partial charge is 0.227 e. The lowest BCUT2D eigenvalue weighted by atomic mass is 10.0. The molecule has 1 saturated heterocycles. The highest BCUT2D eigenvalue weighted by molar-refractivity contribution is 5.83. The molecular weight excluding hydrogens is 268 g/mol. The molecule has 4 rings (SSSR count). The summed E-state index contributed by atoms with van der Waals surface area (Å²) < 4.78 is 7.33. The van der Waals surface area contributed by atoms with Gasteiger partial charge >= 0.3 is 0 Å². The number of nitrogens with zero attached hydrogens (tertiary/aromatic N) is 4. The fraction of sp³-hybridized carbons (Fsp3) is 0.800. The average molecular weight is 290 g/mol. The van der Waals surface area contributed by atoms with Gasteiger partial charge < -0.3 is 9.64 Å². The maximum atomic E-state index is 13.0. The Hall–Kier alpha value is -1.43. The molecule has 2 heterocycles. The van der Waals surface area contributed by atoms with Crippen molar-refractivity contribution in [1.29, 1.82) is 0 Å². The minimum atomic E-state index is -0.0820. The highest BCUT2D eigenvalue weighted by Crippen LogP contribution is 2.56. The van der Waals surface area contributed by atoms with E-state index < -0.39 is 0 Å². The summed E-state index contributed by atoms with van der Waals surface area (Å²) >= 11 is 0. The van der Waals surface area contributed by atoms with Crippen LogP contribution >= 0.6 is 0 Å². The maximum Gasteiger partial charge on any atom is 0.227 e. The number of hydrogen-bond acceptors (Lipinski definition) is 4. The molecule has 21 heavy (non-hydrogen) atoms. The van der Waals surface area contributed by atoms with Crippen LogP contribution in [0.2, 0.25) is 0 Å². The molecule has 114 valence electrons. The van der Waals surface area contributed by atoms with Gasteiger partial charge in [-0.3, -0.25) is 9.48 Å². The van der Waals surface area contributed by atoms with Crippen LogP contribution in [0.3, 0.4) is 0 Å². The lowest BCUT2D eigenvalue weighted by Gasteiger charge is -2.35. The molecule has 1 aromatic heterocycles. The third kappa shape index (κ3) is 2.16. The van der Waals surface area contributed by atoms with E-state index in [1.54, 1.807) is 11.0 Å². The largest absolute Gasteiger partial charge is 0.377 e. The van der Waals surface area contributed by atoms with Gasteiger partial charge in [0, 0.05) is 19.5 Å². The van der Waals surface area contributed by atoms with Crippen molar-refractivity contribution in [2.24, 2.45) is 24.8 Å². The lowest BCUT2D eigenvalue weighted by molar-refractivity contribution is -0.142. The molecule has 6 nitrogen and oxygen atoms in total. The van der Waals surface area contributed by atoms with Gasteiger partial charge in [-0.2, -0.15) is 5.10 Å². The van der Waals surface area contributed by atoms with Gasteiger partial charge in [0.25, 0.3) is 0 Å². The highest BCUT2D eigenvalue weighted by atomic mass is 16.5. The fourth-order valence-electron chi connectivity index (χ4n) is 4.24. The van der Waals surface area contributed by atoms with Gasteiger partial charge in [0.1, 0.15) is 12.4 Å². The van der Waals surface area contributed by atoms with Crippen LogP contribution in [0.15, 0.2) is 6.33 Å². The van der Waals surface area contributed by atoms with E-state index in [9.17, 15) is 4.79 Å². The van der Waals surface area contributed by atoms with Gasteiger partial charge in [-0.25, -0.2) is 4.98 Å². The molecule has 3 fully saturated rings. The van der Waals surface area contributed by atoms with Crippen molar-refractivity contribution in [3.05, 3.63) is 12.2 Å². The first-order valence-corrected chi connectivity index (χ1v) is 7.99. The third-order valence-electron chi connectivity index (χ3n) is 5.40. The minimum absolute atomic E-state index is 0.0820. The molecule has 1 aromatic rings. The molecule has 3 unspecified atom stereocenters. The zero-order valence-corrected chi connectivity index (χ0v) is 12.4. The molecule has 0 aromatic carbocycles. The number of amides is 1. The highest BCUT2D eigenvalue weighted by Gasteiger charge is 2.56. The zero-order chi connectivity index (χ0) is 14.4. The summed E-state index contributed by atoms with van der Waals surface area (Å²) in [5.41, 5.74) is 0. The van der Waals surface area contributed by atoms with E-state index in [2.05, 4.69) is 10.1 Å². The Morgan fingerprint density at radius 3 is 2.76 bits per heavy atom. The molecular formula is C15H22N4O2. The molecule has 0 bridgehead atoms. The van der Waals surface area contributed by atoms with Crippen LogP contribution in [0.1, 0.15) is 37.5 Å². The summed E-state index contributed by atoms with van der Waals surface area (Å²) in [7, 11) is 1.87. The normalized spacial score (nSPS) is 35.4. The number of aromatic nitrogens is 3. The Balaban J connectivity index is 1.54. The van der Waals surface area contributed by atoms with Crippen molar-refractivity contribution in [3.8, 4) is 0 Å². The quantitative estimate of drug-likeness (QED) is 0.820. The van der Waals surface area contributed by atoms with Gasteiger partial charge in [0.2, 0.25) is 5.91 Å². The van der Waals surface area contributed by atoms with Gasteiger partial charge in [-0.1, -0.05) is 12.8 Å². The molecule has 1 amide bonds. The monoisotopic (exact) mass is 290 g/mol. The summed E-state index contributed by atoms with van der Waals surface area (Å²) in [4.78, 5) is 19.3. The van der Waals surface area contributed by atoms with Crippen LogP contribution in [0, 0.1) is 17.8 Å². The summed E-state index contributed by atoms with van der Waals surface area (Å²) in [6.07, 6.45) is 6.60. The first-order valence-electron chi connectivity index (χ1n) is 7.99. The van der Waals surface area contributed by atoms with E-state index in [0.717, 1.165) is 5.82 Å². The van der Waals surface area contributed by atoms with E-state index in [1.807, 2.05) is 11.9 Å². The fourth-order valence-corrected chi connectivity index (χ4v) is 4.24. The van der Waals surface area contributed by atoms with E-state index in [4.69, 9.17) is 4.74 Å². The van der Waals surface area contributed by atoms with E-state index in [1.165, 1.54) is 25.7 Å². The molecule has 3 aliphatic rings. The molecule has 2 saturated carbocycles. The Morgan fingerprint density at radius 1 is 1.33 bits per heavy atom. The summed E-state index contributed by atoms with van der Waals surface area (Å²) in [6.45, 7) is 1.83. The Kier molecular flexibility index (Phi) is 3.21. The molecule has 3 atom stereocenters. The first-order chi connectivity index (χ1) is 10.3. The van der Waals surface area contributed by atoms with Gasteiger partial charge in [0.05, 0.1) is 13.2 Å². The molecule has 0 radical (unpaired) electrons. The van der Waals surface area contributed by atoms with Crippen molar-refractivity contribution in [3.63, 3.8) is 0 Å². The van der Waals surface area contributed by atoms with Gasteiger partial charge in [0.15, 0.2) is 5.82 Å². The summed E-state index contributed by atoms with van der Waals surface area (Å²) in [5, 5.41) is 4.13. The van der Waals surface area contributed by atoms with Crippen molar-refractivity contribution >= 4 is 5.91 Å². The number of morpholine rings is 1. The second kappa shape index (κ2) is 5.09. The summed E-state index contributed by atoms with van der Waals surface area (Å²) in [5.74, 6) is 2.71. The topological polar surface area (TPSA) is 60.2 Å². The Labute approximate surface area is 124 Å². The molecule has 0 N–H and O–H groups in total. The molecule has 1 aliphatic heterocycles. The predicted molar refractivity (Wildman–Crippen MR) is 75.2 cm³/mol. The first kappa shape index (κ1) is 13.2. The molecule has 0 spiro atoms. The van der Waals surface area contributed by atoms with Crippen LogP contribution in [-0.2, 0) is 16.6 Å². The lowest BCUT2D eigenvalue weighted by Crippen LogP contribution is -2.45. The summed E-state index contributed by atoms with van der Waals surface area (Å²) in [6, 6.07) is -0.0820. The SMILES string of the molecule is Cn1ncnc1C1COCCN1C(=O)C1C2CCCCC21. The van der Waals surface area contributed by atoms with Crippen molar-refractivity contribution in [2.45, 2.75) is 31.7 Å². The molecule has 2 aliphatic carbocycles. The van der Waals surface area contributed by atoms with E-state index >= 15 is 0 Å². The molecule has 6 heteroatoms. The van der Waals surface area contributed by atoms with E-state index in [0.29, 0.717) is 37.5 Å². The third-order valence-corrected chi connectivity index (χ3v) is 5.40. The minimum Gasteiger partial charge on any atom is -0.377 e. The van der Waals surface area contributed by atoms with Crippen LogP contribution in [0.5, 0.6) is 0 Å². The average Bonchev–Trinajstić information content (AvgIpc) is 3.10. The number of ether oxygens (including phenoxy) is 1. The second-order valence-corrected chi connectivity index (χ2v) is 6.50. The van der Waals surface area contributed by atoms with Crippen LogP contribution in [-0.4, -0.2) is 45.3 Å². The van der Waals surface area contributed by atoms with Crippen molar-refractivity contribution in [2.75, 3.05) is 19.8 Å². The van der Waals surface area contributed by atoms with E-state index in [-0.39, 0.29) is 12.0 Å². The maximum absolute atomic E-state index is 13.0. The number of fused-ring (bicyclic) bond motifs is 1. The number of aryl methyl sites for hydroxylation is 1. The van der Waals surface area contributed by atoms with Crippen LogP contribution in [0.4, 0.5) is 0 Å². The second-order valence-electron chi connectivity index (χ2n) is 6.50. The zero-order valence-electron chi connectivity index (χ0n) is 12.4. The van der Waals surface area contributed by atoms with Crippen LogP contribution in [0.25, 0.3) is 0 Å². The van der Waals surface area contributed by atoms with Gasteiger partial charge in [-0.15, -0.1) is 0 Å². The predicted octanol–water partition coefficient (Wildman–Crippen LogP) is 1.15. The number of hydrogen-bond donors (Lipinski definition) is 0. The number of rotatable bonds is 2. The number of carbonyl (C=O) groups is 1. The van der Waals surface area contributed by atoms with Crippen molar-refractivity contribution in [1.82, 2.24) is 19.7 Å².